The third-order valence-corrected chi connectivity index (χ3v) is 5.81. The van der Waals surface area contributed by atoms with Gasteiger partial charge in [-0.15, -0.1) is 0 Å². The van der Waals surface area contributed by atoms with Crippen LogP contribution in [0, 0.1) is 0 Å². The summed E-state index contributed by atoms with van der Waals surface area (Å²) in [7, 11) is -3.54. The summed E-state index contributed by atoms with van der Waals surface area (Å²) in [6, 6.07) is 15.9. The van der Waals surface area contributed by atoms with E-state index in [9.17, 15) is 13.2 Å². The van der Waals surface area contributed by atoms with Crippen LogP contribution in [0.2, 0.25) is 0 Å². The van der Waals surface area contributed by atoms with E-state index in [-0.39, 0.29) is 28.9 Å². The molecule has 2 aromatic rings. The zero-order valence-electron chi connectivity index (χ0n) is 16.1. The third kappa shape index (κ3) is 6.16. The van der Waals surface area contributed by atoms with Crippen LogP contribution in [0.1, 0.15) is 39.3 Å². The van der Waals surface area contributed by atoms with E-state index in [0.717, 1.165) is 5.56 Å². The molecule has 0 aliphatic heterocycles. The van der Waals surface area contributed by atoms with E-state index in [0.29, 0.717) is 5.69 Å². The Kier molecular flexibility index (Phi) is 7.12. The molecular weight excluding hydrogens is 362 g/mol. The molecular formula is C20H28N3O3S+. The molecule has 0 aliphatic rings. The van der Waals surface area contributed by atoms with Crippen molar-refractivity contribution in [3.63, 3.8) is 0 Å². The molecule has 7 heteroatoms. The first-order valence-electron chi connectivity index (χ1n) is 9.02. The molecule has 0 aromatic heterocycles. The van der Waals surface area contributed by atoms with Gasteiger partial charge in [-0.25, -0.2) is 13.1 Å². The first-order valence-corrected chi connectivity index (χ1v) is 10.5. The van der Waals surface area contributed by atoms with Gasteiger partial charge in [0.2, 0.25) is 10.0 Å². The molecule has 0 spiro atoms. The number of nitrogens with one attached hydrogen (secondary N) is 2. The number of rotatable bonds is 8. The first kappa shape index (κ1) is 21.1. The Morgan fingerprint density at radius 1 is 0.926 bits per heavy atom. The maximum atomic E-state index is 12.4. The van der Waals surface area contributed by atoms with Crippen LogP contribution in [0.3, 0.4) is 0 Å². The summed E-state index contributed by atoms with van der Waals surface area (Å²) in [4.78, 5) is 12.6. The number of anilines is 1. The SMILES string of the molecule is CC(C)NS(=O)(=O)c1ccc(NC(=O)[C@@H](C)[NH2+][C@@H](C)c2ccccc2)cc1. The summed E-state index contributed by atoms with van der Waals surface area (Å²) in [6.07, 6.45) is 0. The topological polar surface area (TPSA) is 91.9 Å². The highest BCUT2D eigenvalue weighted by atomic mass is 32.2. The number of amides is 1. The molecule has 27 heavy (non-hydrogen) atoms. The number of carbonyl (C=O) groups is 1. The predicted molar refractivity (Wildman–Crippen MR) is 107 cm³/mol. The van der Waals surface area contributed by atoms with Crippen molar-refractivity contribution in [2.24, 2.45) is 0 Å². The van der Waals surface area contributed by atoms with Gasteiger partial charge in [-0.1, -0.05) is 30.3 Å². The van der Waals surface area contributed by atoms with Gasteiger partial charge >= 0.3 is 0 Å². The summed E-state index contributed by atoms with van der Waals surface area (Å²) >= 11 is 0. The van der Waals surface area contributed by atoms with Crippen LogP contribution in [0.15, 0.2) is 59.5 Å². The number of quaternary nitrogens is 1. The zero-order chi connectivity index (χ0) is 20.0. The molecule has 1 amide bonds. The van der Waals surface area contributed by atoms with E-state index < -0.39 is 10.0 Å². The van der Waals surface area contributed by atoms with Crippen LogP contribution in [-0.2, 0) is 14.8 Å². The average Bonchev–Trinajstić information content (AvgIpc) is 2.61. The van der Waals surface area contributed by atoms with Crippen LogP contribution >= 0.6 is 0 Å². The quantitative estimate of drug-likeness (QED) is 0.644. The van der Waals surface area contributed by atoms with Crippen LogP contribution in [0.25, 0.3) is 0 Å². The number of sulfonamides is 1. The number of benzene rings is 2. The predicted octanol–water partition coefficient (Wildman–Crippen LogP) is 2.02. The second-order valence-corrected chi connectivity index (χ2v) is 8.68. The van der Waals surface area contributed by atoms with Gasteiger partial charge in [0.1, 0.15) is 6.04 Å². The van der Waals surface area contributed by atoms with Gasteiger partial charge in [0.25, 0.3) is 5.91 Å². The van der Waals surface area contributed by atoms with Crippen molar-refractivity contribution in [3.8, 4) is 0 Å². The van der Waals surface area contributed by atoms with Crippen LogP contribution < -0.4 is 15.4 Å². The summed E-state index contributed by atoms with van der Waals surface area (Å²) < 4.78 is 26.8. The fraction of sp³-hybridized carbons (Fsp3) is 0.350. The molecule has 0 saturated heterocycles. The summed E-state index contributed by atoms with van der Waals surface area (Å²) in [5, 5.41) is 4.83. The highest BCUT2D eigenvalue weighted by Crippen LogP contribution is 2.14. The smallest absolute Gasteiger partial charge is 0.282 e. The van der Waals surface area contributed by atoms with Gasteiger partial charge in [-0.3, -0.25) is 4.79 Å². The lowest BCUT2D eigenvalue weighted by molar-refractivity contribution is -0.709. The van der Waals surface area contributed by atoms with Crippen LogP contribution in [0.5, 0.6) is 0 Å². The van der Waals surface area contributed by atoms with Crippen molar-refractivity contribution in [2.75, 3.05) is 5.32 Å². The Morgan fingerprint density at radius 3 is 2.07 bits per heavy atom. The standard InChI is InChI=1S/C20H27N3O3S/c1-14(2)23-27(25,26)19-12-10-18(11-13-19)22-20(24)16(4)21-15(3)17-8-6-5-7-9-17/h5-16,21,23H,1-4H3,(H,22,24)/p+1/t15-,16+/m0/s1. The van der Waals surface area contributed by atoms with Gasteiger partial charge in [-0.05, 0) is 52.0 Å². The maximum absolute atomic E-state index is 12.4. The van der Waals surface area contributed by atoms with E-state index in [1.54, 1.807) is 26.0 Å². The Morgan fingerprint density at radius 2 is 1.52 bits per heavy atom. The lowest BCUT2D eigenvalue weighted by Gasteiger charge is -2.17. The van der Waals surface area contributed by atoms with Crippen molar-refractivity contribution in [1.29, 1.82) is 0 Å². The van der Waals surface area contributed by atoms with Gasteiger partial charge in [0, 0.05) is 17.3 Å². The molecule has 0 aliphatic carbocycles. The molecule has 146 valence electrons. The highest BCUT2D eigenvalue weighted by Gasteiger charge is 2.21. The molecule has 0 unspecified atom stereocenters. The molecule has 2 aromatic carbocycles. The maximum Gasteiger partial charge on any atom is 0.282 e. The average molecular weight is 391 g/mol. The minimum atomic E-state index is -3.54. The Balaban J connectivity index is 1.97. The zero-order valence-corrected chi connectivity index (χ0v) is 17.0. The Hall–Kier alpha value is -2.22. The molecule has 2 rings (SSSR count). The highest BCUT2D eigenvalue weighted by molar-refractivity contribution is 7.89. The number of carbonyl (C=O) groups excluding carboxylic acids is 1. The molecule has 6 nitrogen and oxygen atoms in total. The Bertz CT molecular complexity index is 850. The summed E-state index contributed by atoms with van der Waals surface area (Å²) in [5.41, 5.74) is 1.72. The molecule has 0 bridgehead atoms. The largest absolute Gasteiger partial charge is 0.330 e. The number of hydrogen-bond acceptors (Lipinski definition) is 3. The van der Waals surface area contributed by atoms with Crippen LogP contribution in [-0.4, -0.2) is 26.4 Å². The van der Waals surface area contributed by atoms with Crippen LogP contribution in [0.4, 0.5) is 5.69 Å². The third-order valence-electron chi connectivity index (χ3n) is 4.14. The van der Waals surface area contributed by atoms with Gasteiger partial charge in [0.05, 0.1) is 4.90 Å². The minimum absolute atomic E-state index is 0.131. The van der Waals surface area contributed by atoms with Gasteiger partial charge < -0.3 is 10.6 Å². The molecule has 0 saturated carbocycles. The van der Waals surface area contributed by atoms with Crippen molar-refractivity contribution in [2.45, 2.75) is 50.7 Å². The van der Waals surface area contributed by atoms with Crippen molar-refractivity contribution in [3.05, 3.63) is 60.2 Å². The monoisotopic (exact) mass is 390 g/mol. The Labute approximate surface area is 161 Å². The lowest BCUT2D eigenvalue weighted by atomic mass is 10.1. The molecule has 2 atom stereocenters. The van der Waals surface area contributed by atoms with Crippen molar-refractivity contribution >= 4 is 21.6 Å². The second kappa shape index (κ2) is 9.12. The molecule has 4 N–H and O–H groups in total. The number of nitrogens with two attached hydrogens (primary N) is 1. The summed E-state index contributed by atoms with van der Waals surface area (Å²) in [6.45, 7) is 7.43. The van der Waals surface area contributed by atoms with E-state index in [4.69, 9.17) is 0 Å². The van der Waals surface area contributed by atoms with E-state index in [1.807, 2.05) is 42.6 Å². The minimum Gasteiger partial charge on any atom is -0.330 e. The van der Waals surface area contributed by atoms with Crippen molar-refractivity contribution < 1.29 is 18.5 Å². The fourth-order valence-electron chi connectivity index (χ4n) is 2.74. The first-order chi connectivity index (χ1) is 12.7. The summed E-state index contributed by atoms with van der Waals surface area (Å²) in [5.74, 6) is -0.131. The second-order valence-electron chi connectivity index (χ2n) is 6.97. The molecule has 0 heterocycles. The van der Waals surface area contributed by atoms with Gasteiger partial charge in [-0.2, -0.15) is 0 Å². The lowest BCUT2D eigenvalue weighted by Crippen LogP contribution is -2.91. The fourth-order valence-corrected chi connectivity index (χ4v) is 3.99. The van der Waals surface area contributed by atoms with E-state index in [2.05, 4.69) is 17.0 Å². The van der Waals surface area contributed by atoms with Crippen molar-refractivity contribution in [1.82, 2.24) is 4.72 Å². The number of hydrogen-bond donors (Lipinski definition) is 3. The van der Waals surface area contributed by atoms with E-state index in [1.165, 1.54) is 12.1 Å². The normalized spacial score (nSPS) is 14.0. The van der Waals surface area contributed by atoms with Gasteiger partial charge in [0.15, 0.2) is 6.04 Å². The molecule has 0 fully saturated rings. The molecule has 0 radical (unpaired) electrons. The van der Waals surface area contributed by atoms with E-state index >= 15 is 0 Å².